The molecule has 0 aliphatic heterocycles. The van der Waals surface area contributed by atoms with Crippen LogP contribution in [0.3, 0.4) is 0 Å². The summed E-state index contributed by atoms with van der Waals surface area (Å²) in [5.41, 5.74) is -0.138. The highest BCUT2D eigenvalue weighted by Gasteiger charge is 2.37. The van der Waals surface area contributed by atoms with Gasteiger partial charge < -0.3 is 9.52 Å². The minimum Gasteiger partial charge on any atom is -0.456 e. The Hall–Kier alpha value is -0.990. The number of benzene rings is 1. The van der Waals surface area contributed by atoms with Crippen molar-refractivity contribution >= 4 is 22.6 Å². The fraction of sp³-hybridized carbons (Fsp3) is 0.467. The number of aliphatic hydroxyl groups is 1. The Labute approximate surface area is 112 Å². The normalized spacial score (nSPS) is 28.7. The first kappa shape index (κ1) is 12.1. The first-order valence-electron chi connectivity index (χ1n) is 6.49. The molecule has 1 N–H and O–H groups in total. The molecule has 0 radical (unpaired) electrons. The molecule has 0 saturated heterocycles. The second kappa shape index (κ2) is 4.29. The Kier molecular flexibility index (Phi) is 2.87. The van der Waals surface area contributed by atoms with Crippen LogP contribution in [-0.4, -0.2) is 5.11 Å². The second-order valence-corrected chi connectivity index (χ2v) is 5.91. The van der Waals surface area contributed by atoms with Gasteiger partial charge in [-0.15, -0.1) is 0 Å². The highest BCUT2D eigenvalue weighted by Crippen LogP contribution is 2.42. The first-order chi connectivity index (χ1) is 8.58. The van der Waals surface area contributed by atoms with Gasteiger partial charge in [0.2, 0.25) is 0 Å². The Morgan fingerprint density at radius 2 is 2.28 bits per heavy atom. The number of para-hydroxylation sites is 1. The third-order valence-electron chi connectivity index (χ3n) is 3.93. The second-order valence-electron chi connectivity index (χ2n) is 5.50. The first-order valence-corrected chi connectivity index (χ1v) is 6.87. The Bertz CT molecular complexity index is 575. The van der Waals surface area contributed by atoms with Gasteiger partial charge >= 0.3 is 0 Å². The van der Waals surface area contributed by atoms with Gasteiger partial charge in [-0.05, 0) is 37.3 Å². The summed E-state index contributed by atoms with van der Waals surface area (Å²) in [5.74, 6) is 1.20. The van der Waals surface area contributed by atoms with Crippen LogP contribution in [0.5, 0.6) is 0 Å². The van der Waals surface area contributed by atoms with E-state index in [1.807, 2.05) is 24.3 Å². The SMILES string of the molecule is CC1CCCC(O)(c2cc3cccc(Cl)c3o2)C1. The predicted molar refractivity (Wildman–Crippen MR) is 72.8 cm³/mol. The molecule has 2 unspecified atom stereocenters. The van der Waals surface area contributed by atoms with E-state index in [1.165, 1.54) is 6.42 Å². The largest absolute Gasteiger partial charge is 0.456 e. The predicted octanol–water partition coefficient (Wildman–Crippen LogP) is 4.48. The smallest absolute Gasteiger partial charge is 0.153 e. The van der Waals surface area contributed by atoms with Gasteiger partial charge in [-0.2, -0.15) is 0 Å². The number of halogens is 1. The number of hydrogen-bond donors (Lipinski definition) is 1. The standard InChI is InChI=1S/C15H17ClO2/c1-10-4-3-7-15(17,9-10)13-8-11-5-2-6-12(16)14(11)18-13/h2,5-6,8,10,17H,3-4,7,9H2,1H3. The maximum atomic E-state index is 10.8. The fourth-order valence-corrected chi connectivity index (χ4v) is 3.22. The van der Waals surface area contributed by atoms with Gasteiger partial charge in [-0.25, -0.2) is 0 Å². The molecule has 96 valence electrons. The number of rotatable bonds is 1. The average Bonchev–Trinajstić information content (AvgIpc) is 2.75. The molecule has 18 heavy (non-hydrogen) atoms. The average molecular weight is 265 g/mol. The summed E-state index contributed by atoms with van der Waals surface area (Å²) in [6.45, 7) is 2.18. The summed E-state index contributed by atoms with van der Waals surface area (Å²) in [6, 6.07) is 7.60. The van der Waals surface area contributed by atoms with E-state index in [2.05, 4.69) is 6.92 Å². The number of furan rings is 1. The summed E-state index contributed by atoms with van der Waals surface area (Å²) in [4.78, 5) is 0. The van der Waals surface area contributed by atoms with Crippen LogP contribution in [0.25, 0.3) is 11.0 Å². The van der Waals surface area contributed by atoms with Gasteiger partial charge in [-0.1, -0.05) is 37.1 Å². The van der Waals surface area contributed by atoms with Crippen molar-refractivity contribution < 1.29 is 9.52 Å². The molecule has 1 aliphatic rings. The highest BCUT2D eigenvalue weighted by atomic mass is 35.5. The maximum absolute atomic E-state index is 10.8. The minimum atomic E-state index is -0.819. The van der Waals surface area contributed by atoms with Gasteiger partial charge in [0, 0.05) is 5.39 Å². The molecule has 2 atom stereocenters. The molecule has 3 heteroatoms. The molecule has 1 aliphatic carbocycles. The van der Waals surface area contributed by atoms with E-state index >= 15 is 0 Å². The van der Waals surface area contributed by atoms with E-state index in [0.29, 0.717) is 22.3 Å². The molecular weight excluding hydrogens is 248 g/mol. The van der Waals surface area contributed by atoms with Gasteiger partial charge in [0.15, 0.2) is 5.58 Å². The summed E-state index contributed by atoms with van der Waals surface area (Å²) in [5, 5.41) is 12.3. The Morgan fingerprint density at radius 1 is 1.44 bits per heavy atom. The monoisotopic (exact) mass is 264 g/mol. The summed E-state index contributed by atoms with van der Waals surface area (Å²) in [7, 11) is 0. The highest BCUT2D eigenvalue weighted by molar-refractivity contribution is 6.34. The molecule has 0 spiro atoms. The Morgan fingerprint density at radius 3 is 3.00 bits per heavy atom. The molecule has 1 fully saturated rings. The lowest BCUT2D eigenvalue weighted by molar-refractivity contribution is -0.0345. The maximum Gasteiger partial charge on any atom is 0.153 e. The van der Waals surface area contributed by atoms with Crippen molar-refractivity contribution in [1.82, 2.24) is 0 Å². The zero-order valence-corrected chi connectivity index (χ0v) is 11.2. The van der Waals surface area contributed by atoms with Crippen molar-refractivity contribution in [3.63, 3.8) is 0 Å². The topological polar surface area (TPSA) is 33.4 Å². The van der Waals surface area contributed by atoms with E-state index < -0.39 is 5.60 Å². The molecule has 1 saturated carbocycles. The van der Waals surface area contributed by atoms with Crippen molar-refractivity contribution in [2.45, 2.75) is 38.2 Å². The lowest BCUT2D eigenvalue weighted by Gasteiger charge is -2.33. The summed E-state index contributed by atoms with van der Waals surface area (Å²) >= 11 is 6.11. The van der Waals surface area contributed by atoms with Crippen molar-refractivity contribution in [3.8, 4) is 0 Å². The summed E-state index contributed by atoms with van der Waals surface area (Å²) in [6.07, 6.45) is 3.77. The molecule has 1 heterocycles. The van der Waals surface area contributed by atoms with Crippen molar-refractivity contribution in [1.29, 1.82) is 0 Å². The van der Waals surface area contributed by atoms with E-state index in [4.69, 9.17) is 16.0 Å². The number of hydrogen-bond acceptors (Lipinski definition) is 2. The third-order valence-corrected chi connectivity index (χ3v) is 4.23. The van der Waals surface area contributed by atoms with E-state index in [-0.39, 0.29) is 0 Å². The van der Waals surface area contributed by atoms with Crippen molar-refractivity contribution in [2.24, 2.45) is 5.92 Å². The van der Waals surface area contributed by atoms with E-state index in [9.17, 15) is 5.11 Å². The number of fused-ring (bicyclic) bond motifs is 1. The van der Waals surface area contributed by atoms with Gasteiger partial charge in [0.25, 0.3) is 0 Å². The lowest BCUT2D eigenvalue weighted by Crippen LogP contribution is -2.31. The zero-order valence-electron chi connectivity index (χ0n) is 10.4. The molecule has 3 rings (SSSR count). The van der Waals surface area contributed by atoms with Crippen LogP contribution >= 0.6 is 11.6 Å². The molecule has 1 aromatic heterocycles. The molecule has 2 aromatic rings. The molecular formula is C15H17ClO2. The van der Waals surface area contributed by atoms with Crippen molar-refractivity contribution in [2.75, 3.05) is 0 Å². The lowest BCUT2D eigenvalue weighted by atomic mass is 9.77. The molecule has 2 nitrogen and oxygen atoms in total. The third kappa shape index (κ3) is 1.94. The Balaban J connectivity index is 2.06. The van der Waals surface area contributed by atoms with Crippen LogP contribution in [0.4, 0.5) is 0 Å². The van der Waals surface area contributed by atoms with Crippen molar-refractivity contribution in [3.05, 3.63) is 35.0 Å². The van der Waals surface area contributed by atoms with Crippen LogP contribution in [-0.2, 0) is 5.60 Å². The van der Waals surface area contributed by atoms with E-state index in [0.717, 1.165) is 24.6 Å². The van der Waals surface area contributed by atoms with Crippen LogP contribution in [0.15, 0.2) is 28.7 Å². The van der Waals surface area contributed by atoms with Crippen LogP contribution < -0.4 is 0 Å². The van der Waals surface area contributed by atoms with Crippen LogP contribution in [0, 0.1) is 5.92 Å². The van der Waals surface area contributed by atoms with Gasteiger partial charge in [0.05, 0.1) is 5.02 Å². The van der Waals surface area contributed by atoms with E-state index in [1.54, 1.807) is 0 Å². The van der Waals surface area contributed by atoms with Crippen LogP contribution in [0.2, 0.25) is 5.02 Å². The summed E-state index contributed by atoms with van der Waals surface area (Å²) < 4.78 is 5.81. The zero-order chi connectivity index (χ0) is 12.8. The molecule has 0 amide bonds. The molecule has 1 aromatic carbocycles. The quantitative estimate of drug-likeness (QED) is 0.824. The fourth-order valence-electron chi connectivity index (χ4n) is 3.00. The van der Waals surface area contributed by atoms with Gasteiger partial charge in [-0.3, -0.25) is 0 Å². The molecule has 0 bridgehead atoms. The van der Waals surface area contributed by atoms with Crippen LogP contribution in [0.1, 0.15) is 38.4 Å². The minimum absolute atomic E-state index is 0.535. The van der Waals surface area contributed by atoms with Gasteiger partial charge in [0.1, 0.15) is 11.4 Å².